The van der Waals surface area contributed by atoms with Crippen molar-refractivity contribution in [2.45, 2.75) is 17.9 Å². The number of terminal acetylenes is 1. The molecule has 102 valence electrons. The Morgan fingerprint density at radius 3 is 2.68 bits per heavy atom. The molecule has 1 unspecified atom stereocenters. The van der Waals surface area contributed by atoms with E-state index in [9.17, 15) is 13.2 Å². The van der Waals surface area contributed by atoms with Gasteiger partial charge in [0.15, 0.2) is 0 Å². The van der Waals surface area contributed by atoms with Crippen molar-refractivity contribution in [2.24, 2.45) is 0 Å². The van der Waals surface area contributed by atoms with E-state index in [0.29, 0.717) is 0 Å². The summed E-state index contributed by atoms with van der Waals surface area (Å²) in [5.41, 5.74) is 5.65. The van der Waals surface area contributed by atoms with E-state index in [2.05, 4.69) is 15.4 Å². The van der Waals surface area contributed by atoms with Crippen LogP contribution >= 0.6 is 0 Å². The second-order valence-corrected chi connectivity index (χ2v) is 5.44. The van der Waals surface area contributed by atoms with E-state index in [1.165, 1.54) is 25.1 Å². The van der Waals surface area contributed by atoms with Crippen molar-refractivity contribution < 1.29 is 17.9 Å². The van der Waals surface area contributed by atoms with Crippen LogP contribution in [0.2, 0.25) is 0 Å². The minimum absolute atomic E-state index is 0.140. The molecule has 7 heteroatoms. The fourth-order valence-corrected chi connectivity index (χ4v) is 2.72. The fraction of sp³-hybridized carbons (Fsp3) is 0.250. The summed E-state index contributed by atoms with van der Waals surface area (Å²) in [6.45, 7) is 1.51. The lowest BCUT2D eigenvalue weighted by Crippen LogP contribution is -2.32. The number of rotatable bonds is 4. The molecule has 0 aliphatic heterocycles. The Morgan fingerprint density at radius 2 is 2.16 bits per heavy atom. The Kier molecular flexibility index (Phi) is 4.53. The van der Waals surface area contributed by atoms with Crippen molar-refractivity contribution in [3.05, 3.63) is 23.8 Å². The Morgan fingerprint density at radius 1 is 1.53 bits per heavy atom. The van der Waals surface area contributed by atoms with Gasteiger partial charge in [-0.25, -0.2) is 13.2 Å². The van der Waals surface area contributed by atoms with Crippen molar-refractivity contribution in [1.29, 1.82) is 0 Å². The highest BCUT2D eigenvalue weighted by Gasteiger charge is 2.24. The van der Waals surface area contributed by atoms with Crippen LogP contribution in [0.15, 0.2) is 23.1 Å². The second-order valence-electron chi connectivity index (χ2n) is 3.76. The third kappa shape index (κ3) is 3.47. The molecular formula is C12H14N2O4S. The summed E-state index contributed by atoms with van der Waals surface area (Å²) in [5, 5.41) is 0. The van der Waals surface area contributed by atoms with Gasteiger partial charge in [0.05, 0.1) is 23.6 Å². The summed E-state index contributed by atoms with van der Waals surface area (Å²) in [5.74, 6) is 1.44. The average molecular weight is 282 g/mol. The molecule has 0 bridgehead atoms. The lowest BCUT2D eigenvalue weighted by molar-refractivity contribution is 0.0596. The zero-order chi connectivity index (χ0) is 14.6. The largest absolute Gasteiger partial charge is 0.465 e. The number of nitrogen functional groups attached to an aromatic ring is 1. The molecule has 1 aromatic carbocycles. The molecule has 19 heavy (non-hydrogen) atoms. The van der Waals surface area contributed by atoms with E-state index in [1.54, 1.807) is 0 Å². The molecule has 0 fully saturated rings. The van der Waals surface area contributed by atoms with Gasteiger partial charge in [-0.3, -0.25) is 0 Å². The minimum Gasteiger partial charge on any atom is -0.465 e. The Balaban J connectivity index is 3.35. The van der Waals surface area contributed by atoms with Crippen LogP contribution in [0, 0.1) is 12.3 Å². The predicted molar refractivity (Wildman–Crippen MR) is 70.8 cm³/mol. The van der Waals surface area contributed by atoms with Gasteiger partial charge in [0, 0.05) is 5.69 Å². The molecule has 6 nitrogen and oxygen atoms in total. The van der Waals surface area contributed by atoms with Gasteiger partial charge in [0.2, 0.25) is 10.0 Å². The van der Waals surface area contributed by atoms with E-state index in [0.717, 1.165) is 7.11 Å². The highest BCUT2D eigenvalue weighted by Crippen LogP contribution is 2.20. The minimum atomic E-state index is -3.92. The highest BCUT2D eigenvalue weighted by atomic mass is 32.2. The molecule has 0 saturated carbocycles. The van der Waals surface area contributed by atoms with E-state index in [-0.39, 0.29) is 16.1 Å². The molecule has 1 atom stereocenters. The Bertz CT molecular complexity index is 632. The number of carbonyl (C=O) groups is 1. The maximum absolute atomic E-state index is 12.1. The van der Waals surface area contributed by atoms with Gasteiger partial charge in [-0.1, -0.05) is 5.92 Å². The molecule has 0 radical (unpaired) electrons. The van der Waals surface area contributed by atoms with Crippen LogP contribution in [-0.4, -0.2) is 27.5 Å². The van der Waals surface area contributed by atoms with E-state index in [1.807, 2.05) is 0 Å². The van der Waals surface area contributed by atoms with Crippen molar-refractivity contribution >= 4 is 21.7 Å². The number of sulfonamides is 1. The third-order valence-corrected chi connectivity index (χ3v) is 3.88. The highest BCUT2D eigenvalue weighted by molar-refractivity contribution is 7.89. The van der Waals surface area contributed by atoms with E-state index >= 15 is 0 Å². The number of ether oxygens (including phenoxy) is 1. The van der Waals surface area contributed by atoms with Crippen molar-refractivity contribution in [2.75, 3.05) is 12.8 Å². The lowest BCUT2D eigenvalue weighted by atomic mass is 10.2. The van der Waals surface area contributed by atoms with Crippen molar-refractivity contribution in [3.8, 4) is 12.3 Å². The summed E-state index contributed by atoms with van der Waals surface area (Å²) >= 11 is 0. The van der Waals surface area contributed by atoms with E-state index in [4.69, 9.17) is 12.2 Å². The Labute approximate surface area is 112 Å². The van der Waals surface area contributed by atoms with Crippen LogP contribution in [-0.2, 0) is 14.8 Å². The normalized spacial score (nSPS) is 12.5. The molecule has 0 amide bonds. The fourth-order valence-electron chi connectivity index (χ4n) is 1.38. The number of esters is 1. The van der Waals surface area contributed by atoms with Gasteiger partial charge in [-0.05, 0) is 25.1 Å². The van der Waals surface area contributed by atoms with E-state index < -0.39 is 22.0 Å². The van der Waals surface area contributed by atoms with Crippen LogP contribution in [0.4, 0.5) is 5.69 Å². The maximum Gasteiger partial charge on any atom is 0.339 e. The average Bonchev–Trinajstić information content (AvgIpc) is 2.36. The molecule has 0 aliphatic carbocycles. The SMILES string of the molecule is C#CC(C)NS(=O)(=O)c1ccc(N)cc1C(=O)OC. The molecule has 0 aliphatic rings. The van der Waals surface area contributed by atoms with Crippen LogP contribution in [0.5, 0.6) is 0 Å². The number of hydrogen-bond acceptors (Lipinski definition) is 5. The Hall–Kier alpha value is -2.04. The van der Waals surface area contributed by atoms with Crippen molar-refractivity contribution in [1.82, 2.24) is 4.72 Å². The molecule has 0 spiro atoms. The number of carbonyl (C=O) groups excluding carboxylic acids is 1. The summed E-state index contributed by atoms with van der Waals surface area (Å²) in [4.78, 5) is 11.4. The summed E-state index contributed by atoms with van der Waals surface area (Å²) in [7, 11) is -2.77. The van der Waals surface area contributed by atoms with Crippen LogP contribution in [0.3, 0.4) is 0 Å². The zero-order valence-electron chi connectivity index (χ0n) is 10.5. The standard InChI is InChI=1S/C12H14N2O4S/c1-4-8(2)14-19(16,17)11-6-5-9(13)7-10(11)12(15)18-3/h1,5-8,14H,13H2,2-3H3. The van der Waals surface area contributed by atoms with Gasteiger partial charge in [-0.15, -0.1) is 6.42 Å². The molecule has 3 N–H and O–H groups in total. The van der Waals surface area contributed by atoms with Gasteiger partial charge >= 0.3 is 5.97 Å². The quantitative estimate of drug-likeness (QED) is 0.472. The first kappa shape index (κ1) is 15.0. The number of anilines is 1. The molecule has 1 aromatic rings. The number of nitrogens with two attached hydrogens (primary N) is 1. The number of benzene rings is 1. The summed E-state index contributed by atoms with van der Waals surface area (Å²) < 4.78 is 31.0. The van der Waals surface area contributed by atoms with Crippen LogP contribution < -0.4 is 10.5 Å². The van der Waals surface area contributed by atoms with Crippen LogP contribution in [0.25, 0.3) is 0 Å². The summed E-state index contributed by atoms with van der Waals surface area (Å²) in [6, 6.07) is 3.14. The molecular weight excluding hydrogens is 268 g/mol. The molecule has 0 aromatic heterocycles. The second kappa shape index (κ2) is 5.73. The first-order chi connectivity index (χ1) is 8.81. The van der Waals surface area contributed by atoms with Gasteiger partial charge in [0.1, 0.15) is 0 Å². The zero-order valence-corrected chi connectivity index (χ0v) is 11.3. The first-order valence-corrected chi connectivity index (χ1v) is 6.76. The predicted octanol–water partition coefficient (Wildman–Crippen LogP) is 0.355. The molecule has 0 saturated heterocycles. The molecule has 0 heterocycles. The topological polar surface area (TPSA) is 98.5 Å². The number of hydrogen-bond donors (Lipinski definition) is 2. The lowest BCUT2D eigenvalue weighted by Gasteiger charge is -2.12. The van der Waals surface area contributed by atoms with Crippen molar-refractivity contribution in [3.63, 3.8) is 0 Å². The van der Waals surface area contributed by atoms with Gasteiger partial charge < -0.3 is 10.5 Å². The first-order valence-electron chi connectivity index (χ1n) is 5.28. The number of methoxy groups -OCH3 is 1. The molecule has 1 rings (SSSR count). The maximum atomic E-state index is 12.1. The van der Waals surface area contributed by atoms with Gasteiger partial charge in [-0.2, -0.15) is 4.72 Å². The summed E-state index contributed by atoms with van der Waals surface area (Å²) in [6.07, 6.45) is 5.12. The van der Waals surface area contributed by atoms with Gasteiger partial charge in [0.25, 0.3) is 0 Å². The van der Waals surface area contributed by atoms with Crippen LogP contribution in [0.1, 0.15) is 17.3 Å². The smallest absolute Gasteiger partial charge is 0.339 e. The monoisotopic (exact) mass is 282 g/mol. The number of nitrogens with one attached hydrogen (secondary N) is 1. The third-order valence-electron chi connectivity index (χ3n) is 2.28.